The van der Waals surface area contributed by atoms with E-state index in [1.807, 2.05) is 6.92 Å². The average molecular weight is 517 g/mol. The van der Waals surface area contributed by atoms with Crippen molar-refractivity contribution in [2.75, 3.05) is 59.7 Å². The van der Waals surface area contributed by atoms with Crippen molar-refractivity contribution in [2.24, 2.45) is 0 Å². The van der Waals surface area contributed by atoms with Gasteiger partial charge in [-0.15, -0.1) is 0 Å². The number of nitrogens with zero attached hydrogens (tertiary/aromatic N) is 5. The van der Waals surface area contributed by atoms with Gasteiger partial charge in [0.15, 0.2) is 0 Å². The van der Waals surface area contributed by atoms with E-state index in [1.165, 1.54) is 12.8 Å². The molecular weight excluding hydrogens is 472 g/mol. The van der Waals surface area contributed by atoms with Gasteiger partial charge in [-0.1, -0.05) is 42.8 Å². The molecule has 1 N–H and O–H groups in total. The van der Waals surface area contributed by atoms with E-state index in [0.29, 0.717) is 13.2 Å². The molecule has 0 aliphatic heterocycles. The van der Waals surface area contributed by atoms with Crippen molar-refractivity contribution in [3.8, 4) is 11.3 Å². The zero-order chi connectivity index (χ0) is 26.9. The Balaban J connectivity index is 1.78. The zero-order valence-corrected chi connectivity index (χ0v) is 23.8. The molecule has 0 atom stereocenters. The van der Waals surface area contributed by atoms with E-state index in [9.17, 15) is 0 Å². The van der Waals surface area contributed by atoms with Crippen LogP contribution in [0.1, 0.15) is 38.4 Å². The number of anilines is 1. The summed E-state index contributed by atoms with van der Waals surface area (Å²) < 4.78 is 8.28. The van der Waals surface area contributed by atoms with Crippen LogP contribution in [-0.2, 0) is 17.9 Å². The normalized spacial score (nSPS) is 11.9. The molecule has 7 nitrogen and oxygen atoms in total. The number of ether oxygens (including phenoxy) is 1. The van der Waals surface area contributed by atoms with Crippen LogP contribution >= 0.6 is 0 Å². The standard InChI is InChI=1S/C31H44N6O/c1-6-38-23-28-34-30-29(24-15-8-10-17-26(24)32-19-14-21-36(4)5)33-27-18-11-9-16-25(27)31(30)37(28)22-13-7-12-20-35(2)3/h8-11,15-18,32H,6-7,12-14,19-23H2,1-5H3. The second kappa shape index (κ2) is 13.7. The summed E-state index contributed by atoms with van der Waals surface area (Å²) in [5.41, 5.74) is 6.23. The summed E-state index contributed by atoms with van der Waals surface area (Å²) >= 11 is 0. The Morgan fingerprint density at radius 2 is 1.58 bits per heavy atom. The van der Waals surface area contributed by atoms with Gasteiger partial charge in [-0.2, -0.15) is 0 Å². The van der Waals surface area contributed by atoms with Crippen LogP contribution in [0.25, 0.3) is 33.2 Å². The Kier molecular flexibility index (Phi) is 10.1. The largest absolute Gasteiger partial charge is 0.384 e. The highest BCUT2D eigenvalue weighted by molar-refractivity contribution is 6.08. The molecule has 0 aliphatic rings. The maximum Gasteiger partial charge on any atom is 0.136 e. The zero-order valence-electron chi connectivity index (χ0n) is 23.8. The summed E-state index contributed by atoms with van der Waals surface area (Å²) in [6.45, 7) is 7.19. The first kappa shape index (κ1) is 28.0. The fourth-order valence-corrected chi connectivity index (χ4v) is 4.95. The quantitative estimate of drug-likeness (QED) is 0.199. The maximum atomic E-state index is 5.89. The van der Waals surface area contributed by atoms with Gasteiger partial charge in [-0.25, -0.2) is 9.97 Å². The van der Waals surface area contributed by atoms with E-state index in [4.69, 9.17) is 14.7 Å². The molecular formula is C31H44N6O. The smallest absolute Gasteiger partial charge is 0.136 e. The van der Waals surface area contributed by atoms with Gasteiger partial charge in [0, 0.05) is 36.3 Å². The third-order valence-corrected chi connectivity index (χ3v) is 6.86. The van der Waals surface area contributed by atoms with E-state index < -0.39 is 0 Å². The highest BCUT2D eigenvalue weighted by Crippen LogP contribution is 2.36. The highest BCUT2D eigenvalue weighted by atomic mass is 16.5. The predicted octanol–water partition coefficient (Wildman–Crippen LogP) is 5.88. The van der Waals surface area contributed by atoms with E-state index in [0.717, 1.165) is 83.7 Å². The number of aromatic nitrogens is 3. The van der Waals surface area contributed by atoms with E-state index in [-0.39, 0.29) is 0 Å². The summed E-state index contributed by atoms with van der Waals surface area (Å²) in [5, 5.41) is 4.81. The fourth-order valence-electron chi connectivity index (χ4n) is 4.95. The monoisotopic (exact) mass is 516 g/mol. The molecule has 38 heavy (non-hydrogen) atoms. The average Bonchev–Trinajstić information content (AvgIpc) is 3.27. The molecule has 0 fully saturated rings. The third-order valence-electron chi connectivity index (χ3n) is 6.86. The third kappa shape index (κ3) is 6.90. The van der Waals surface area contributed by atoms with Crippen molar-refractivity contribution in [3.63, 3.8) is 0 Å². The van der Waals surface area contributed by atoms with Crippen LogP contribution in [0.4, 0.5) is 5.69 Å². The molecule has 7 heteroatoms. The molecule has 0 aliphatic carbocycles. The summed E-state index contributed by atoms with van der Waals surface area (Å²) in [6, 6.07) is 16.9. The van der Waals surface area contributed by atoms with E-state index >= 15 is 0 Å². The molecule has 0 saturated heterocycles. The van der Waals surface area contributed by atoms with Crippen LogP contribution in [0.5, 0.6) is 0 Å². The number of fused-ring (bicyclic) bond motifs is 3. The fraction of sp³-hybridized carbons (Fsp3) is 0.484. The van der Waals surface area contributed by atoms with Gasteiger partial charge in [0.25, 0.3) is 0 Å². The first-order chi connectivity index (χ1) is 18.5. The number of nitrogens with one attached hydrogen (secondary N) is 1. The molecule has 0 bridgehead atoms. The summed E-state index contributed by atoms with van der Waals surface area (Å²) in [4.78, 5) is 14.9. The second-order valence-corrected chi connectivity index (χ2v) is 10.5. The van der Waals surface area contributed by atoms with E-state index in [1.54, 1.807) is 0 Å². The first-order valence-electron chi connectivity index (χ1n) is 14.0. The molecule has 2 aromatic carbocycles. The minimum atomic E-state index is 0.501. The van der Waals surface area contributed by atoms with Crippen LogP contribution in [-0.4, -0.2) is 78.8 Å². The molecule has 204 valence electrons. The molecule has 4 aromatic rings. The number of benzene rings is 2. The lowest BCUT2D eigenvalue weighted by Gasteiger charge is -2.15. The lowest BCUT2D eigenvalue weighted by molar-refractivity contribution is 0.126. The van der Waals surface area contributed by atoms with Crippen LogP contribution in [0.15, 0.2) is 48.5 Å². The Bertz CT molecular complexity index is 1310. The Morgan fingerprint density at radius 1 is 0.842 bits per heavy atom. The van der Waals surface area contributed by atoms with Crippen molar-refractivity contribution in [1.82, 2.24) is 24.3 Å². The number of imidazole rings is 1. The number of aryl methyl sites for hydroxylation is 1. The molecule has 0 radical (unpaired) electrons. The predicted molar refractivity (Wildman–Crippen MR) is 160 cm³/mol. The summed E-state index contributed by atoms with van der Waals surface area (Å²) in [7, 11) is 8.50. The number of unbranched alkanes of at least 4 members (excludes halogenated alkanes) is 2. The Morgan fingerprint density at radius 3 is 2.37 bits per heavy atom. The maximum absolute atomic E-state index is 5.89. The van der Waals surface area contributed by atoms with Gasteiger partial charge in [0.05, 0.1) is 11.0 Å². The molecule has 0 saturated carbocycles. The van der Waals surface area contributed by atoms with Crippen LogP contribution in [0.3, 0.4) is 0 Å². The summed E-state index contributed by atoms with van der Waals surface area (Å²) in [6.07, 6.45) is 4.56. The van der Waals surface area contributed by atoms with Gasteiger partial charge < -0.3 is 24.4 Å². The van der Waals surface area contributed by atoms with Crippen molar-refractivity contribution in [2.45, 2.75) is 45.8 Å². The molecule has 0 spiro atoms. The molecule has 4 rings (SSSR count). The number of para-hydroxylation sites is 2. The van der Waals surface area contributed by atoms with E-state index in [2.05, 4.69) is 96.4 Å². The SMILES string of the molecule is CCOCc1nc2c(-c3ccccc3NCCCN(C)C)nc3ccccc3c2n1CCCCCN(C)C. The minimum absolute atomic E-state index is 0.501. The van der Waals surface area contributed by atoms with Crippen LogP contribution < -0.4 is 5.32 Å². The molecule has 0 unspecified atom stereocenters. The number of hydrogen-bond donors (Lipinski definition) is 1. The topological polar surface area (TPSA) is 58.5 Å². The Labute approximate surface area is 227 Å². The van der Waals surface area contributed by atoms with Gasteiger partial charge in [0.1, 0.15) is 23.6 Å². The summed E-state index contributed by atoms with van der Waals surface area (Å²) in [5.74, 6) is 0.977. The molecule has 0 amide bonds. The number of rotatable bonds is 15. The number of hydrogen-bond acceptors (Lipinski definition) is 6. The second-order valence-electron chi connectivity index (χ2n) is 10.5. The molecule has 2 aromatic heterocycles. The van der Waals surface area contributed by atoms with Crippen molar-refractivity contribution in [3.05, 3.63) is 54.4 Å². The van der Waals surface area contributed by atoms with Gasteiger partial charge in [0.2, 0.25) is 0 Å². The first-order valence-corrected chi connectivity index (χ1v) is 14.0. The van der Waals surface area contributed by atoms with Gasteiger partial charge in [-0.05, 0) is 79.6 Å². The Hall–Kier alpha value is -3.00. The lowest BCUT2D eigenvalue weighted by Crippen LogP contribution is -2.16. The van der Waals surface area contributed by atoms with Gasteiger partial charge in [-0.3, -0.25) is 0 Å². The van der Waals surface area contributed by atoms with Crippen molar-refractivity contribution in [1.29, 1.82) is 0 Å². The van der Waals surface area contributed by atoms with Crippen molar-refractivity contribution >= 4 is 27.6 Å². The van der Waals surface area contributed by atoms with Crippen LogP contribution in [0, 0.1) is 0 Å². The molecule has 2 heterocycles. The lowest BCUT2D eigenvalue weighted by atomic mass is 10.0. The van der Waals surface area contributed by atoms with Crippen molar-refractivity contribution < 1.29 is 4.74 Å². The van der Waals surface area contributed by atoms with Gasteiger partial charge >= 0.3 is 0 Å². The highest BCUT2D eigenvalue weighted by Gasteiger charge is 2.20. The number of pyridine rings is 1. The minimum Gasteiger partial charge on any atom is -0.384 e. The van der Waals surface area contributed by atoms with Crippen LogP contribution in [0.2, 0.25) is 0 Å².